The average Bonchev–Trinajstić information content (AvgIpc) is 3.39. The zero-order chi connectivity index (χ0) is 24.5. The van der Waals surface area contributed by atoms with E-state index >= 15 is 0 Å². The molecule has 1 aliphatic carbocycles. The van der Waals surface area contributed by atoms with Gasteiger partial charge < -0.3 is 14.7 Å². The van der Waals surface area contributed by atoms with Crippen molar-refractivity contribution in [1.29, 1.82) is 0 Å². The minimum Gasteiger partial charge on any atom is -0.481 e. The van der Waals surface area contributed by atoms with Crippen LogP contribution in [0.5, 0.6) is 0 Å². The van der Waals surface area contributed by atoms with Crippen LogP contribution in [-0.2, 0) is 16.6 Å². The van der Waals surface area contributed by atoms with Crippen LogP contribution in [0.2, 0.25) is 0 Å². The monoisotopic (exact) mass is 474 g/mol. The van der Waals surface area contributed by atoms with E-state index in [4.69, 9.17) is 4.74 Å². The Kier molecular flexibility index (Phi) is 5.98. The third kappa shape index (κ3) is 4.25. The van der Waals surface area contributed by atoms with E-state index in [1.807, 2.05) is 36.4 Å². The first-order valence-electron chi connectivity index (χ1n) is 11.6. The zero-order valence-electron chi connectivity index (χ0n) is 19.3. The van der Waals surface area contributed by atoms with Gasteiger partial charge >= 0.3 is 12.1 Å². The van der Waals surface area contributed by atoms with E-state index in [1.165, 1.54) is 15.8 Å². The molecule has 2 aliphatic rings. The summed E-state index contributed by atoms with van der Waals surface area (Å²) in [4.78, 5) is 38.8. The number of fused-ring (bicyclic) bond motifs is 3. The van der Waals surface area contributed by atoms with Crippen LogP contribution in [0, 0.1) is 5.92 Å². The van der Waals surface area contributed by atoms with Crippen LogP contribution < -0.4 is 5.32 Å². The summed E-state index contributed by atoms with van der Waals surface area (Å²) in [5, 5.41) is 16.1. The summed E-state index contributed by atoms with van der Waals surface area (Å²) in [7, 11) is 1.61. The van der Waals surface area contributed by atoms with Crippen molar-refractivity contribution in [1.82, 2.24) is 14.7 Å². The third-order valence-corrected chi connectivity index (χ3v) is 6.78. The van der Waals surface area contributed by atoms with Gasteiger partial charge in [-0.1, -0.05) is 48.5 Å². The molecule has 0 spiro atoms. The van der Waals surface area contributed by atoms with E-state index in [0.717, 1.165) is 22.3 Å². The molecule has 3 aromatic rings. The maximum absolute atomic E-state index is 13.2. The van der Waals surface area contributed by atoms with Gasteiger partial charge in [0.15, 0.2) is 0 Å². The molecule has 9 heteroatoms. The number of hydrogen-bond acceptors (Lipinski definition) is 5. The highest BCUT2D eigenvalue weighted by Gasteiger charge is 2.32. The van der Waals surface area contributed by atoms with Crippen LogP contribution in [0.25, 0.3) is 11.1 Å². The number of anilines is 1. The molecule has 180 valence electrons. The number of likely N-dealkylation sites (tertiary alicyclic amines) is 1. The summed E-state index contributed by atoms with van der Waals surface area (Å²) in [6.45, 7) is 0.734. The van der Waals surface area contributed by atoms with Gasteiger partial charge in [-0.15, -0.1) is 0 Å². The van der Waals surface area contributed by atoms with Crippen molar-refractivity contribution in [2.75, 3.05) is 25.0 Å². The number of piperidine rings is 1. The Bertz CT molecular complexity index is 1250. The van der Waals surface area contributed by atoms with Gasteiger partial charge in [0.1, 0.15) is 12.3 Å². The number of carbonyl (C=O) groups excluding carboxylic acids is 2. The first kappa shape index (κ1) is 22.6. The largest absolute Gasteiger partial charge is 0.481 e. The number of rotatable bonds is 5. The molecule has 35 heavy (non-hydrogen) atoms. The molecule has 1 unspecified atom stereocenters. The number of carboxylic acid groups (broad SMARTS) is 1. The van der Waals surface area contributed by atoms with Gasteiger partial charge in [0, 0.05) is 26.1 Å². The first-order chi connectivity index (χ1) is 16.9. The van der Waals surface area contributed by atoms with Crippen molar-refractivity contribution in [3.8, 4) is 11.1 Å². The van der Waals surface area contributed by atoms with Gasteiger partial charge in [0.05, 0.1) is 17.8 Å². The van der Waals surface area contributed by atoms with Gasteiger partial charge in [-0.25, -0.2) is 4.79 Å². The van der Waals surface area contributed by atoms with E-state index in [-0.39, 0.29) is 36.4 Å². The van der Waals surface area contributed by atoms with Crippen molar-refractivity contribution < 1.29 is 24.2 Å². The molecule has 0 radical (unpaired) electrons. The van der Waals surface area contributed by atoms with Crippen LogP contribution >= 0.6 is 0 Å². The molecule has 0 bridgehead atoms. The van der Waals surface area contributed by atoms with E-state index in [0.29, 0.717) is 19.4 Å². The van der Waals surface area contributed by atoms with E-state index in [2.05, 4.69) is 22.5 Å². The van der Waals surface area contributed by atoms with Crippen molar-refractivity contribution >= 4 is 23.7 Å². The van der Waals surface area contributed by atoms with Gasteiger partial charge in [-0.3, -0.25) is 19.6 Å². The molecule has 0 saturated carbocycles. The van der Waals surface area contributed by atoms with Gasteiger partial charge in [0.2, 0.25) is 0 Å². The van der Waals surface area contributed by atoms with Crippen molar-refractivity contribution in [2.45, 2.75) is 18.8 Å². The Morgan fingerprint density at radius 3 is 2.40 bits per heavy atom. The lowest BCUT2D eigenvalue weighted by Gasteiger charge is -2.30. The summed E-state index contributed by atoms with van der Waals surface area (Å²) >= 11 is 0. The molecular weight excluding hydrogens is 448 g/mol. The number of aryl methyl sites for hydroxylation is 1. The number of carboxylic acids is 1. The smallest absolute Gasteiger partial charge is 0.411 e. The fourth-order valence-electron chi connectivity index (χ4n) is 5.04. The third-order valence-electron chi connectivity index (χ3n) is 6.78. The lowest BCUT2D eigenvalue weighted by molar-refractivity contribution is -0.143. The van der Waals surface area contributed by atoms with Crippen molar-refractivity contribution in [3.05, 3.63) is 71.5 Å². The molecule has 1 aliphatic heterocycles. The highest BCUT2D eigenvalue weighted by molar-refractivity contribution is 6.01. The fraction of sp³-hybridized carbons (Fsp3) is 0.308. The second kappa shape index (κ2) is 9.25. The summed E-state index contributed by atoms with van der Waals surface area (Å²) in [6.07, 6.45) is 1.86. The molecular formula is C26H26N4O5. The van der Waals surface area contributed by atoms with Crippen LogP contribution in [-0.4, -0.2) is 57.5 Å². The molecule has 2 heterocycles. The van der Waals surface area contributed by atoms with Gasteiger partial charge in [-0.2, -0.15) is 5.10 Å². The fourth-order valence-corrected chi connectivity index (χ4v) is 5.04. The number of nitrogens with zero attached hydrogens (tertiary/aromatic N) is 3. The molecule has 1 saturated heterocycles. The van der Waals surface area contributed by atoms with Crippen LogP contribution in [0.15, 0.2) is 54.7 Å². The Morgan fingerprint density at radius 1 is 1.09 bits per heavy atom. The lowest BCUT2D eigenvalue weighted by Crippen LogP contribution is -2.43. The van der Waals surface area contributed by atoms with E-state index < -0.39 is 18.0 Å². The number of aromatic nitrogens is 2. The Hall–Kier alpha value is -4.14. The molecule has 1 aromatic heterocycles. The normalized spacial score (nSPS) is 16.9. The number of aliphatic carboxylic acids is 1. The predicted octanol–water partition coefficient (Wildman–Crippen LogP) is 3.72. The number of ether oxygens (including phenoxy) is 1. The Morgan fingerprint density at radius 2 is 1.74 bits per heavy atom. The second-order valence-electron chi connectivity index (χ2n) is 8.91. The number of amides is 2. The summed E-state index contributed by atoms with van der Waals surface area (Å²) in [5.41, 5.74) is 4.90. The molecule has 5 rings (SSSR count). The predicted molar refractivity (Wildman–Crippen MR) is 128 cm³/mol. The average molecular weight is 475 g/mol. The van der Waals surface area contributed by atoms with Gasteiger partial charge in [-0.05, 0) is 35.1 Å². The number of nitrogens with one attached hydrogen (secondary N) is 1. The summed E-state index contributed by atoms with van der Waals surface area (Å²) in [5.74, 6) is -1.96. The topological polar surface area (TPSA) is 114 Å². The van der Waals surface area contributed by atoms with E-state index in [1.54, 1.807) is 7.05 Å². The highest BCUT2D eigenvalue weighted by Crippen LogP contribution is 2.44. The summed E-state index contributed by atoms with van der Waals surface area (Å²) in [6, 6.07) is 16.2. The Labute approximate surface area is 202 Å². The molecule has 1 atom stereocenters. The van der Waals surface area contributed by atoms with Crippen molar-refractivity contribution in [3.63, 3.8) is 0 Å². The minimum atomic E-state index is -0.913. The Balaban J connectivity index is 1.28. The van der Waals surface area contributed by atoms with Gasteiger partial charge in [0.25, 0.3) is 5.91 Å². The second-order valence-corrected chi connectivity index (χ2v) is 8.91. The molecule has 2 aromatic carbocycles. The van der Waals surface area contributed by atoms with Crippen LogP contribution in [0.1, 0.15) is 40.4 Å². The quantitative estimate of drug-likeness (QED) is 0.583. The molecule has 1 fully saturated rings. The van der Waals surface area contributed by atoms with Crippen LogP contribution in [0.3, 0.4) is 0 Å². The number of carbonyl (C=O) groups is 3. The summed E-state index contributed by atoms with van der Waals surface area (Å²) < 4.78 is 6.97. The van der Waals surface area contributed by atoms with Crippen LogP contribution in [0.4, 0.5) is 10.5 Å². The SMILES string of the molecule is Cn1ncc(NC(=O)OCC2c3ccccc3-c3ccccc32)c1C(=O)N1CCCC(C(=O)O)C1. The zero-order valence-corrected chi connectivity index (χ0v) is 19.3. The molecule has 9 nitrogen and oxygen atoms in total. The maximum Gasteiger partial charge on any atom is 0.411 e. The number of benzene rings is 2. The number of hydrogen-bond donors (Lipinski definition) is 2. The van der Waals surface area contributed by atoms with E-state index in [9.17, 15) is 19.5 Å². The first-order valence-corrected chi connectivity index (χ1v) is 11.6. The van der Waals surface area contributed by atoms with Crippen molar-refractivity contribution in [2.24, 2.45) is 13.0 Å². The molecule has 2 N–H and O–H groups in total. The maximum atomic E-state index is 13.2. The standard InChI is InChI=1S/C26H26N4O5/c1-29-23(24(31)30-12-6-7-16(14-30)25(32)33)22(13-27-29)28-26(34)35-15-21-19-10-4-2-8-17(19)18-9-3-5-11-20(18)21/h2-5,8-11,13,16,21H,6-7,12,14-15H2,1H3,(H,28,34)(H,32,33). The minimum absolute atomic E-state index is 0.0792. The highest BCUT2D eigenvalue weighted by atomic mass is 16.5. The lowest BCUT2D eigenvalue weighted by atomic mass is 9.98. The molecule has 2 amide bonds.